The monoisotopic (exact) mass is 280 g/mol. The predicted molar refractivity (Wildman–Crippen MR) is 76.3 cm³/mol. The lowest BCUT2D eigenvalue weighted by atomic mass is 10.2. The Morgan fingerprint density at radius 2 is 2.11 bits per heavy atom. The average Bonchev–Trinajstić information content (AvgIpc) is 2.84. The molecule has 0 aliphatic heterocycles. The molecule has 2 rings (SSSR count). The minimum Gasteiger partial charge on any atom is -0.440 e. The normalized spacial score (nSPS) is 12.6. The number of rotatable bonds is 6. The summed E-state index contributed by atoms with van der Waals surface area (Å²) < 4.78 is 18.4. The number of oxazole rings is 1. The maximum atomic E-state index is 12.8. The average molecular weight is 280 g/mol. The molecule has 1 aromatic heterocycles. The Kier molecular flexibility index (Phi) is 4.99. The Bertz CT molecular complexity index is 510. The fourth-order valence-corrected chi connectivity index (χ4v) is 2.54. The van der Waals surface area contributed by atoms with E-state index in [1.165, 1.54) is 12.1 Å². The molecular formula is C14H17FN2OS. The summed E-state index contributed by atoms with van der Waals surface area (Å²) in [4.78, 5) is 4.22. The van der Waals surface area contributed by atoms with E-state index in [4.69, 9.17) is 10.2 Å². The second kappa shape index (κ2) is 6.73. The highest BCUT2D eigenvalue weighted by Gasteiger charge is 2.06. The molecule has 3 nitrogen and oxygen atoms in total. The zero-order chi connectivity index (χ0) is 13.7. The summed E-state index contributed by atoms with van der Waals surface area (Å²) in [6.07, 6.45) is 2.66. The van der Waals surface area contributed by atoms with Crippen LogP contribution < -0.4 is 5.73 Å². The highest BCUT2D eigenvalue weighted by atomic mass is 32.2. The van der Waals surface area contributed by atoms with Gasteiger partial charge in [0.2, 0.25) is 5.89 Å². The number of hydrogen-bond acceptors (Lipinski definition) is 4. The number of benzene rings is 1. The second-order valence-corrected chi connectivity index (χ2v) is 5.55. The minimum atomic E-state index is -0.255. The van der Waals surface area contributed by atoms with E-state index >= 15 is 0 Å². The lowest BCUT2D eigenvalue weighted by Gasteiger charge is -2.02. The van der Waals surface area contributed by atoms with Crippen molar-refractivity contribution >= 4 is 11.8 Å². The molecule has 19 heavy (non-hydrogen) atoms. The van der Waals surface area contributed by atoms with E-state index in [1.54, 1.807) is 30.1 Å². The molecule has 0 radical (unpaired) electrons. The van der Waals surface area contributed by atoms with Crippen LogP contribution in [-0.2, 0) is 5.75 Å². The largest absolute Gasteiger partial charge is 0.440 e. The molecule has 0 aliphatic rings. The van der Waals surface area contributed by atoms with Gasteiger partial charge in [-0.15, -0.1) is 0 Å². The minimum absolute atomic E-state index is 0.229. The molecule has 1 heterocycles. The van der Waals surface area contributed by atoms with Crippen LogP contribution in [-0.4, -0.2) is 16.8 Å². The van der Waals surface area contributed by atoms with E-state index in [1.807, 2.05) is 6.92 Å². The summed E-state index contributed by atoms with van der Waals surface area (Å²) in [5, 5.41) is 0. The Balaban J connectivity index is 1.90. The molecule has 1 atom stereocenters. The van der Waals surface area contributed by atoms with Crippen LogP contribution in [0.5, 0.6) is 0 Å². The van der Waals surface area contributed by atoms with Crippen LogP contribution in [0.2, 0.25) is 0 Å². The zero-order valence-corrected chi connectivity index (χ0v) is 11.6. The van der Waals surface area contributed by atoms with Crippen molar-refractivity contribution in [2.24, 2.45) is 5.73 Å². The number of thioether (sulfide) groups is 1. The van der Waals surface area contributed by atoms with Crippen LogP contribution in [0.1, 0.15) is 19.2 Å². The van der Waals surface area contributed by atoms with Gasteiger partial charge in [0.25, 0.3) is 0 Å². The van der Waals surface area contributed by atoms with Gasteiger partial charge in [-0.1, -0.05) is 0 Å². The van der Waals surface area contributed by atoms with Crippen molar-refractivity contribution in [3.63, 3.8) is 0 Å². The third-order valence-corrected chi connectivity index (χ3v) is 3.60. The van der Waals surface area contributed by atoms with Crippen molar-refractivity contribution in [2.45, 2.75) is 25.1 Å². The number of hydrogen-bond donors (Lipinski definition) is 1. The fraction of sp³-hybridized carbons (Fsp3) is 0.357. The van der Waals surface area contributed by atoms with E-state index < -0.39 is 0 Å². The van der Waals surface area contributed by atoms with Gasteiger partial charge in [0.15, 0.2) is 5.76 Å². The summed E-state index contributed by atoms with van der Waals surface area (Å²) in [5.74, 6) is 2.83. The zero-order valence-electron chi connectivity index (χ0n) is 10.8. The Labute approximate surface area is 116 Å². The van der Waals surface area contributed by atoms with Gasteiger partial charge >= 0.3 is 0 Å². The van der Waals surface area contributed by atoms with E-state index in [9.17, 15) is 4.39 Å². The molecule has 0 fully saturated rings. The number of nitrogens with two attached hydrogens (primary N) is 1. The first-order chi connectivity index (χ1) is 9.15. The second-order valence-electron chi connectivity index (χ2n) is 4.44. The highest BCUT2D eigenvalue weighted by molar-refractivity contribution is 7.98. The molecule has 1 aromatic carbocycles. The van der Waals surface area contributed by atoms with Crippen LogP contribution in [0.15, 0.2) is 34.9 Å². The Hall–Kier alpha value is -1.33. The van der Waals surface area contributed by atoms with Gasteiger partial charge in [-0.2, -0.15) is 11.8 Å². The molecule has 0 amide bonds. The molecule has 0 spiro atoms. The van der Waals surface area contributed by atoms with Gasteiger partial charge in [0.1, 0.15) is 5.82 Å². The molecule has 0 saturated heterocycles. The van der Waals surface area contributed by atoms with Crippen LogP contribution in [0, 0.1) is 5.82 Å². The summed E-state index contributed by atoms with van der Waals surface area (Å²) >= 11 is 1.75. The van der Waals surface area contributed by atoms with Crippen molar-refractivity contribution in [3.8, 4) is 11.3 Å². The van der Waals surface area contributed by atoms with Gasteiger partial charge in [-0.25, -0.2) is 9.37 Å². The Morgan fingerprint density at radius 1 is 1.37 bits per heavy atom. The van der Waals surface area contributed by atoms with Crippen LogP contribution >= 0.6 is 11.8 Å². The predicted octanol–water partition coefficient (Wildman–Crippen LogP) is 3.45. The van der Waals surface area contributed by atoms with Crippen LogP contribution in [0.25, 0.3) is 11.3 Å². The first-order valence-electron chi connectivity index (χ1n) is 6.19. The summed E-state index contributed by atoms with van der Waals surface area (Å²) in [5.41, 5.74) is 6.52. The van der Waals surface area contributed by atoms with E-state index in [0.29, 0.717) is 11.7 Å². The van der Waals surface area contributed by atoms with E-state index in [-0.39, 0.29) is 11.9 Å². The third-order valence-electron chi connectivity index (χ3n) is 2.63. The summed E-state index contributed by atoms with van der Waals surface area (Å²) in [6.45, 7) is 2.00. The van der Waals surface area contributed by atoms with Crippen LogP contribution in [0.4, 0.5) is 4.39 Å². The van der Waals surface area contributed by atoms with Gasteiger partial charge in [-0.05, 0) is 43.4 Å². The molecular weight excluding hydrogens is 263 g/mol. The maximum Gasteiger partial charge on any atom is 0.204 e. The van der Waals surface area contributed by atoms with Crippen molar-refractivity contribution in [1.29, 1.82) is 0 Å². The smallest absolute Gasteiger partial charge is 0.204 e. The molecule has 2 aromatic rings. The first kappa shape index (κ1) is 14.1. The Morgan fingerprint density at radius 3 is 2.79 bits per heavy atom. The first-order valence-corrected chi connectivity index (χ1v) is 7.34. The SMILES string of the molecule is CC(N)CCSCc1ncc(-c2ccc(F)cc2)o1. The molecule has 2 N–H and O–H groups in total. The maximum absolute atomic E-state index is 12.8. The highest BCUT2D eigenvalue weighted by Crippen LogP contribution is 2.22. The molecule has 0 bridgehead atoms. The van der Waals surface area contributed by atoms with E-state index in [2.05, 4.69) is 4.98 Å². The molecule has 1 unspecified atom stereocenters. The number of nitrogens with zero attached hydrogens (tertiary/aromatic N) is 1. The van der Waals surface area contributed by atoms with Crippen LogP contribution in [0.3, 0.4) is 0 Å². The molecule has 5 heteroatoms. The van der Waals surface area contributed by atoms with Gasteiger partial charge in [-0.3, -0.25) is 0 Å². The van der Waals surface area contributed by atoms with Crippen molar-refractivity contribution in [3.05, 3.63) is 42.2 Å². The molecule has 0 saturated carbocycles. The van der Waals surface area contributed by atoms with Gasteiger partial charge in [0, 0.05) is 11.6 Å². The topological polar surface area (TPSA) is 52.0 Å². The summed E-state index contributed by atoms with van der Waals surface area (Å²) in [6, 6.07) is 6.42. The van der Waals surface area contributed by atoms with Gasteiger partial charge in [0.05, 0.1) is 11.9 Å². The lowest BCUT2D eigenvalue weighted by Crippen LogP contribution is -2.15. The quantitative estimate of drug-likeness (QED) is 0.823. The van der Waals surface area contributed by atoms with E-state index in [0.717, 1.165) is 23.5 Å². The summed E-state index contributed by atoms with van der Waals surface area (Å²) in [7, 11) is 0. The fourth-order valence-electron chi connectivity index (χ4n) is 1.55. The lowest BCUT2D eigenvalue weighted by molar-refractivity contribution is 0.529. The van der Waals surface area contributed by atoms with Crippen molar-refractivity contribution in [2.75, 3.05) is 5.75 Å². The third kappa shape index (κ3) is 4.36. The number of aromatic nitrogens is 1. The molecule has 102 valence electrons. The van der Waals surface area contributed by atoms with Gasteiger partial charge < -0.3 is 10.2 Å². The molecule has 0 aliphatic carbocycles. The van der Waals surface area contributed by atoms with Crippen molar-refractivity contribution < 1.29 is 8.81 Å². The standard InChI is InChI=1S/C14H17FN2OS/c1-10(16)6-7-19-9-14-17-8-13(18-14)11-2-4-12(15)5-3-11/h2-5,8,10H,6-7,9,16H2,1H3. The van der Waals surface area contributed by atoms with Crippen molar-refractivity contribution in [1.82, 2.24) is 4.98 Å². The number of halogens is 1.